The molecule has 4 rings (SSSR count). The maximum absolute atomic E-state index is 12.7. The summed E-state index contributed by atoms with van der Waals surface area (Å²) in [6.07, 6.45) is 3.81. The first-order chi connectivity index (χ1) is 11.5. The summed E-state index contributed by atoms with van der Waals surface area (Å²) in [4.78, 5) is 31.0. The fourth-order valence-corrected chi connectivity index (χ4v) is 3.70. The summed E-state index contributed by atoms with van der Waals surface area (Å²) < 4.78 is 2.06. The van der Waals surface area contributed by atoms with E-state index in [1.807, 2.05) is 24.8 Å². The Labute approximate surface area is 140 Å². The van der Waals surface area contributed by atoms with Gasteiger partial charge in [-0.15, -0.1) is 0 Å². The topological polar surface area (TPSA) is 67.2 Å². The fourth-order valence-electron chi connectivity index (χ4n) is 3.70. The Hall–Kier alpha value is -2.63. The third kappa shape index (κ3) is 2.38. The van der Waals surface area contributed by atoms with Crippen LogP contribution in [0.4, 0.5) is 5.69 Å². The van der Waals surface area contributed by atoms with Gasteiger partial charge in [0.1, 0.15) is 0 Å². The van der Waals surface area contributed by atoms with Gasteiger partial charge in [0.25, 0.3) is 0 Å². The number of carbonyl (C=O) groups excluding carboxylic acids is 2. The molecule has 1 aromatic heterocycles. The molecule has 0 fully saturated rings. The van der Waals surface area contributed by atoms with Crippen LogP contribution in [0.25, 0.3) is 0 Å². The molecule has 0 saturated carbocycles. The minimum absolute atomic E-state index is 0.0228. The van der Waals surface area contributed by atoms with Crippen LogP contribution >= 0.6 is 0 Å². The molecule has 0 unspecified atom stereocenters. The van der Waals surface area contributed by atoms with Gasteiger partial charge in [-0.1, -0.05) is 17.7 Å². The number of amides is 2. The van der Waals surface area contributed by atoms with Crippen molar-refractivity contribution < 1.29 is 9.59 Å². The van der Waals surface area contributed by atoms with Gasteiger partial charge in [0.05, 0.1) is 24.5 Å². The zero-order valence-electron chi connectivity index (χ0n) is 13.9. The fraction of sp³-hybridized carbons (Fsp3) is 0.389. The first kappa shape index (κ1) is 14.9. The van der Waals surface area contributed by atoms with Gasteiger partial charge in [-0.25, -0.2) is 4.98 Å². The Morgan fingerprint density at radius 3 is 3.00 bits per heavy atom. The Morgan fingerprint density at radius 1 is 1.33 bits per heavy atom. The number of nitrogens with one attached hydrogen (secondary N) is 1. The number of imidazole rings is 1. The zero-order chi connectivity index (χ0) is 16.8. The van der Waals surface area contributed by atoms with Crippen LogP contribution in [0.15, 0.2) is 24.7 Å². The molecule has 2 aromatic rings. The van der Waals surface area contributed by atoms with Crippen molar-refractivity contribution in [2.24, 2.45) is 0 Å². The molecule has 2 aliphatic rings. The van der Waals surface area contributed by atoms with Crippen LogP contribution in [0.5, 0.6) is 0 Å². The molecule has 1 atom stereocenters. The van der Waals surface area contributed by atoms with E-state index in [0.717, 1.165) is 34.6 Å². The summed E-state index contributed by atoms with van der Waals surface area (Å²) in [5, 5.41) is 2.94. The van der Waals surface area contributed by atoms with Crippen LogP contribution in [-0.4, -0.2) is 32.8 Å². The predicted molar refractivity (Wildman–Crippen MR) is 89.5 cm³/mol. The Bertz CT molecular complexity index is 840. The number of benzene rings is 1. The number of rotatable bonds is 2. The third-order valence-corrected chi connectivity index (χ3v) is 4.94. The summed E-state index contributed by atoms with van der Waals surface area (Å²) in [7, 11) is 0. The van der Waals surface area contributed by atoms with Gasteiger partial charge in [0.15, 0.2) is 0 Å². The number of aromatic nitrogens is 2. The molecular weight excluding hydrogens is 304 g/mol. The van der Waals surface area contributed by atoms with E-state index in [4.69, 9.17) is 0 Å². The number of carbonyl (C=O) groups is 2. The Morgan fingerprint density at radius 2 is 2.17 bits per heavy atom. The van der Waals surface area contributed by atoms with Gasteiger partial charge in [0, 0.05) is 31.4 Å². The highest BCUT2D eigenvalue weighted by Crippen LogP contribution is 2.38. The molecule has 0 saturated heterocycles. The van der Waals surface area contributed by atoms with Gasteiger partial charge in [-0.05, 0) is 25.0 Å². The van der Waals surface area contributed by atoms with Gasteiger partial charge in [-0.2, -0.15) is 0 Å². The van der Waals surface area contributed by atoms with E-state index in [2.05, 4.69) is 20.9 Å². The minimum Gasteiger partial charge on any atom is -0.335 e. The van der Waals surface area contributed by atoms with Crippen molar-refractivity contribution in [1.82, 2.24) is 14.5 Å². The van der Waals surface area contributed by atoms with E-state index in [9.17, 15) is 9.59 Å². The molecule has 1 N–H and O–H groups in total. The predicted octanol–water partition coefficient (Wildman–Crippen LogP) is 1.97. The molecule has 0 bridgehead atoms. The molecule has 24 heavy (non-hydrogen) atoms. The molecular formula is C18H20N4O2. The van der Waals surface area contributed by atoms with Crippen molar-refractivity contribution >= 4 is 17.5 Å². The largest absolute Gasteiger partial charge is 0.335 e. The molecule has 2 amide bonds. The summed E-state index contributed by atoms with van der Waals surface area (Å²) in [5.74, 6) is -0.443. The standard InChI is InChI=1S/C18H20N4O2/c1-11-5-12(2)17-14(6-11)15(18(24)20-17)7-16(23)21-3-4-22-10-19-8-13(22)9-21/h5-6,8,10,15H,3-4,7,9H2,1-2H3,(H,20,24)/t15-/m1/s1. The average Bonchev–Trinajstić information content (AvgIpc) is 3.12. The SMILES string of the molecule is Cc1cc(C)c2c(c1)[C@@H](CC(=O)N1CCn3cncc3C1)C(=O)N2. The highest BCUT2D eigenvalue weighted by Gasteiger charge is 2.35. The molecule has 0 spiro atoms. The van der Waals surface area contributed by atoms with Gasteiger partial charge in [-0.3, -0.25) is 9.59 Å². The monoisotopic (exact) mass is 324 g/mol. The van der Waals surface area contributed by atoms with E-state index in [1.54, 1.807) is 12.5 Å². The molecule has 6 heteroatoms. The van der Waals surface area contributed by atoms with Crippen LogP contribution in [0, 0.1) is 13.8 Å². The van der Waals surface area contributed by atoms with Crippen molar-refractivity contribution in [3.8, 4) is 0 Å². The number of hydrogen-bond acceptors (Lipinski definition) is 3. The third-order valence-electron chi connectivity index (χ3n) is 4.94. The molecule has 124 valence electrons. The van der Waals surface area contributed by atoms with Crippen LogP contribution in [0.1, 0.15) is 34.7 Å². The van der Waals surface area contributed by atoms with E-state index in [0.29, 0.717) is 13.1 Å². The lowest BCUT2D eigenvalue weighted by atomic mass is 9.93. The van der Waals surface area contributed by atoms with Crippen LogP contribution in [0.3, 0.4) is 0 Å². The van der Waals surface area contributed by atoms with E-state index in [1.165, 1.54) is 0 Å². The normalized spacial score (nSPS) is 19.0. The summed E-state index contributed by atoms with van der Waals surface area (Å²) in [5.41, 5.74) is 5.03. The van der Waals surface area contributed by atoms with Crippen LogP contribution < -0.4 is 5.32 Å². The molecule has 1 aromatic carbocycles. The van der Waals surface area contributed by atoms with E-state index in [-0.39, 0.29) is 18.2 Å². The maximum Gasteiger partial charge on any atom is 0.232 e. The van der Waals surface area contributed by atoms with Crippen molar-refractivity contribution in [3.05, 3.63) is 47.0 Å². The Kier molecular flexibility index (Phi) is 3.40. The number of anilines is 1. The number of nitrogens with zero attached hydrogens (tertiary/aromatic N) is 3. The second-order valence-corrected chi connectivity index (χ2v) is 6.69. The van der Waals surface area contributed by atoms with E-state index < -0.39 is 5.92 Å². The lowest BCUT2D eigenvalue weighted by molar-refractivity contribution is -0.134. The minimum atomic E-state index is -0.391. The van der Waals surface area contributed by atoms with Crippen molar-refractivity contribution in [2.45, 2.75) is 39.3 Å². The summed E-state index contributed by atoms with van der Waals surface area (Å²) in [6, 6.07) is 4.07. The average molecular weight is 324 g/mol. The van der Waals surface area contributed by atoms with Crippen molar-refractivity contribution in [2.75, 3.05) is 11.9 Å². The summed E-state index contributed by atoms with van der Waals surface area (Å²) in [6.45, 7) is 5.98. The number of hydrogen-bond donors (Lipinski definition) is 1. The highest BCUT2D eigenvalue weighted by atomic mass is 16.2. The molecule has 3 heterocycles. The van der Waals surface area contributed by atoms with Crippen molar-refractivity contribution in [3.63, 3.8) is 0 Å². The lowest BCUT2D eigenvalue weighted by Gasteiger charge is -2.28. The van der Waals surface area contributed by atoms with Gasteiger partial charge < -0.3 is 14.8 Å². The van der Waals surface area contributed by atoms with Gasteiger partial charge in [0.2, 0.25) is 11.8 Å². The molecule has 2 aliphatic heterocycles. The number of aryl methyl sites for hydroxylation is 2. The quantitative estimate of drug-likeness (QED) is 0.918. The molecule has 6 nitrogen and oxygen atoms in total. The van der Waals surface area contributed by atoms with Crippen LogP contribution in [-0.2, 0) is 22.7 Å². The molecule has 0 radical (unpaired) electrons. The van der Waals surface area contributed by atoms with Crippen molar-refractivity contribution in [1.29, 1.82) is 0 Å². The first-order valence-electron chi connectivity index (χ1n) is 8.21. The van der Waals surface area contributed by atoms with Gasteiger partial charge >= 0.3 is 0 Å². The maximum atomic E-state index is 12.7. The molecule has 0 aliphatic carbocycles. The summed E-state index contributed by atoms with van der Waals surface area (Å²) >= 11 is 0. The second kappa shape index (κ2) is 5.47. The lowest BCUT2D eigenvalue weighted by Crippen LogP contribution is -2.38. The van der Waals surface area contributed by atoms with Crippen LogP contribution in [0.2, 0.25) is 0 Å². The zero-order valence-corrected chi connectivity index (χ0v) is 13.9. The highest BCUT2D eigenvalue weighted by molar-refractivity contribution is 6.05. The smallest absolute Gasteiger partial charge is 0.232 e. The number of fused-ring (bicyclic) bond motifs is 2. The first-order valence-corrected chi connectivity index (χ1v) is 8.21. The Balaban J connectivity index is 1.54. The van der Waals surface area contributed by atoms with E-state index >= 15 is 0 Å². The second-order valence-electron chi connectivity index (χ2n) is 6.69.